The molecule has 0 aromatic carbocycles. The molecule has 0 aromatic rings. The highest BCUT2D eigenvalue weighted by molar-refractivity contribution is 4.99. The number of hydrogen-bond acceptors (Lipinski definition) is 1. The van der Waals surface area contributed by atoms with Crippen LogP contribution < -0.4 is 0 Å². The van der Waals surface area contributed by atoms with Crippen LogP contribution >= 0.6 is 0 Å². The van der Waals surface area contributed by atoms with E-state index in [4.69, 9.17) is 0 Å². The molecule has 1 heteroatoms. The summed E-state index contributed by atoms with van der Waals surface area (Å²) in [7, 11) is 2.16. The van der Waals surface area contributed by atoms with Gasteiger partial charge in [-0.2, -0.15) is 0 Å². The number of nitrogens with zero attached hydrogens (tertiary/aromatic N) is 1. The normalized spacial score (nSPS) is 12.6. The zero-order valence-corrected chi connectivity index (χ0v) is 8.35. The minimum Gasteiger partial charge on any atom is -0.303 e. The first-order chi connectivity index (χ1) is 5.20. The fourth-order valence-corrected chi connectivity index (χ4v) is 0.993. The quantitative estimate of drug-likeness (QED) is 0.552. The lowest BCUT2D eigenvalue weighted by molar-refractivity contribution is 0.383. The molecule has 0 spiro atoms. The molecule has 66 valence electrons. The van der Waals surface area contributed by atoms with Gasteiger partial charge in [-0.25, -0.2) is 0 Å². The van der Waals surface area contributed by atoms with Crippen molar-refractivity contribution in [1.29, 1.82) is 0 Å². The zero-order valence-electron chi connectivity index (χ0n) is 8.35. The third-order valence-corrected chi connectivity index (χ3v) is 1.84. The van der Waals surface area contributed by atoms with E-state index in [2.05, 4.69) is 38.8 Å². The first kappa shape index (κ1) is 10.7. The van der Waals surface area contributed by atoms with E-state index in [1.54, 1.807) is 0 Å². The molecule has 0 heterocycles. The SMILES string of the molecule is CCCC=C(C)CN(C)CC. The van der Waals surface area contributed by atoms with Crippen molar-refractivity contribution in [3.8, 4) is 0 Å². The molecule has 0 unspecified atom stereocenters. The predicted molar refractivity (Wildman–Crippen MR) is 51.8 cm³/mol. The highest BCUT2D eigenvalue weighted by atomic mass is 15.1. The summed E-state index contributed by atoms with van der Waals surface area (Å²) in [5.74, 6) is 0. The molecule has 0 amide bonds. The maximum Gasteiger partial charge on any atom is 0.0186 e. The fourth-order valence-electron chi connectivity index (χ4n) is 0.993. The summed E-state index contributed by atoms with van der Waals surface area (Å²) in [4.78, 5) is 2.32. The summed E-state index contributed by atoms with van der Waals surface area (Å²) < 4.78 is 0. The van der Waals surface area contributed by atoms with Gasteiger partial charge in [0.2, 0.25) is 0 Å². The zero-order chi connectivity index (χ0) is 8.69. The third-order valence-electron chi connectivity index (χ3n) is 1.84. The van der Waals surface area contributed by atoms with Gasteiger partial charge in [-0.15, -0.1) is 0 Å². The summed E-state index contributed by atoms with van der Waals surface area (Å²) in [6, 6.07) is 0. The van der Waals surface area contributed by atoms with Gasteiger partial charge in [0.25, 0.3) is 0 Å². The van der Waals surface area contributed by atoms with Crippen LogP contribution in [0.3, 0.4) is 0 Å². The van der Waals surface area contributed by atoms with Gasteiger partial charge in [-0.3, -0.25) is 0 Å². The number of likely N-dealkylation sites (N-methyl/N-ethyl adjacent to an activating group) is 1. The predicted octanol–water partition coefficient (Wildman–Crippen LogP) is 2.68. The largest absolute Gasteiger partial charge is 0.303 e. The van der Waals surface area contributed by atoms with Crippen molar-refractivity contribution in [2.45, 2.75) is 33.6 Å². The smallest absolute Gasteiger partial charge is 0.0186 e. The first-order valence-corrected chi connectivity index (χ1v) is 4.54. The number of hydrogen-bond donors (Lipinski definition) is 0. The van der Waals surface area contributed by atoms with Crippen LogP contribution in [0.1, 0.15) is 33.6 Å². The van der Waals surface area contributed by atoms with Crippen LogP contribution in [0.15, 0.2) is 11.6 Å². The maximum absolute atomic E-state index is 2.34. The lowest BCUT2D eigenvalue weighted by Crippen LogP contribution is -2.19. The standard InChI is InChI=1S/C10H21N/c1-5-7-8-10(3)9-11(4)6-2/h8H,5-7,9H2,1-4H3. The molecule has 0 aromatic heterocycles. The summed E-state index contributed by atoms with van der Waals surface area (Å²) in [6.45, 7) is 8.87. The lowest BCUT2D eigenvalue weighted by atomic mass is 10.2. The number of allylic oxidation sites excluding steroid dienone is 1. The molecule has 11 heavy (non-hydrogen) atoms. The average Bonchev–Trinajstić information content (AvgIpc) is 2.00. The second kappa shape index (κ2) is 6.41. The summed E-state index contributed by atoms with van der Waals surface area (Å²) in [5, 5.41) is 0. The van der Waals surface area contributed by atoms with Crippen molar-refractivity contribution >= 4 is 0 Å². The van der Waals surface area contributed by atoms with Crippen LogP contribution in [0, 0.1) is 0 Å². The Balaban J connectivity index is 3.57. The molecule has 0 fully saturated rings. The van der Waals surface area contributed by atoms with Crippen LogP contribution in [0.4, 0.5) is 0 Å². The second-order valence-corrected chi connectivity index (χ2v) is 3.17. The summed E-state index contributed by atoms with van der Waals surface area (Å²) in [5.41, 5.74) is 1.50. The van der Waals surface area contributed by atoms with Gasteiger partial charge in [0.15, 0.2) is 0 Å². The molecule has 0 aliphatic carbocycles. The highest BCUT2D eigenvalue weighted by Gasteiger charge is 1.93. The van der Waals surface area contributed by atoms with E-state index in [1.807, 2.05) is 0 Å². The van der Waals surface area contributed by atoms with E-state index >= 15 is 0 Å². The van der Waals surface area contributed by atoms with E-state index in [9.17, 15) is 0 Å². The molecule has 0 saturated carbocycles. The molecule has 0 bridgehead atoms. The average molecular weight is 155 g/mol. The molecule has 0 saturated heterocycles. The molecule has 0 rings (SSSR count). The molecule has 1 nitrogen and oxygen atoms in total. The van der Waals surface area contributed by atoms with Crippen molar-refractivity contribution in [2.24, 2.45) is 0 Å². The minimum absolute atomic E-state index is 1.12. The summed E-state index contributed by atoms with van der Waals surface area (Å²) >= 11 is 0. The monoisotopic (exact) mass is 155 g/mol. The fraction of sp³-hybridized carbons (Fsp3) is 0.800. The van der Waals surface area contributed by atoms with Crippen LogP contribution in [-0.2, 0) is 0 Å². The number of unbranched alkanes of at least 4 members (excludes halogenated alkanes) is 1. The van der Waals surface area contributed by atoms with Crippen LogP contribution in [0.5, 0.6) is 0 Å². The van der Waals surface area contributed by atoms with Gasteiger partial charge in [-0.05, 0) is 26.9 Å². The second-order valence-electron chi connectivity index (χ2n) is 3.17. The molecule has 0 aliphatic heterocycles. The maximum atomic E-state index is 2.34. The van der Waals surface area contributed by atoms with Crippen molar-refractivity contribution in [3.63, 3.8) is 0 Å². The van der Waals surface area contributed by atoms with Gasteiger partial charge < -0.3 is 4.90 Å². The Kier molecular flexibility index (Phi) is 6.24. The van der Waals surface area contributed by atoms with Crippen molar-refractivity contribution < 1.29 is 0 Å². The number of rotatable bonds is 5. The third kappa shape index (κ3) is 6.11. The Hall–Kier alpha value is -0.300. The van der Waals surface area contributed by atoms with Gasteiger partial charge in [0.1, 0.15) is 0 Å². The first-order valence-electron chi connectivity index (χ1n) is 4.54. The van der Waals surface area contributed by atoms with Crippen molar-refractivity contribution in [3.05, 3.63) is 11.6 Å². The van der Waals surface area contributed by atoms with Gasteiger partial charge in [0.05, 0.1) is 0 Å². The Morgan fingerprint density at radius 2 is 2.00 bits per heavy atom. The van der Waals surface area contributed by atoms with Crippen molar-refractivity contribution in [2.75, 3.05) is 20.1 Å². The Labute approximate surface area is 71.1 Å². The molecule has 0 aliphatic rings. The lowest BCUT2D eigenvalue weighted by Gasteiger charge is -2.13. The Morgan fingerprint density at radius 3 is 2.45 bits per heavy atom. The van der Waals surface area contributed by atoms with Crippen LogP contribution in [0.2, 0.25) is 0 Å². The molecule has 0 N–H and O–H groups in total. The van der Waals surface area contributed by atoms with Gasteiger partial charge in [0, 0.05) is 6.54 Å². The minimum atomic E-state index is 1.12. The van der Waals surface area contributed by atoms with E-state index in [-0.39, 0.29) is 0 Å². The van der Waals surface area contributed by atoms with Crippen LogP contribution in [-0.4, -0.2) is 25.0 Å². The Bertz CT molecular complexity index is 116. The van der Waals surface area contributed by atoms with E-state index in [0.29, 0.717) is 0 Å². The molecule has 0 radical (unpaired) electrons. The van der Waals surface area contributed by atoms with E-state index in [0.717, 1.165) is 13.1 Å². The topological polar surface area (TPSA) is 3.24 Å². The molecular formula is C10H21N. The van der Waals surface area contributed by atoms with E-state index < -0.39 is 0 Å². The van der Waals surface area contributed by atoms with Crippen LogP contribution in [0.25, 0.3) is 0 Å². The van der Waals surface area contributed by atoms with Crippen molar-refractivity contribution in [1.82, 2.24) is 4.90 Å². The van der Waals surface area contributed by atoms with E-state index in [1.165, 1.54) is 18.4 Å². The summed E-state index contributed by atoms with van der Waals surface area (Å²) in [6.07, 6.45) is 4.82. The highest BCUT2D eigenvalue weighted by Crippen LogP contribution is 1.99. The van der Waals surface area contributed by atoms with Gasteiger partial charge >= 0.3 is 0 Å². The van der Waals surface area contributed by atoms with Gasteiger partial charge in [-0.1, -0.05) is 31.9 Å². The molecule has 0 atom stereocenters. The Morgan fingerprint density at radius 1 is 1.36 bits per heavy atom. The molecular weight excluding hydrogens is 134 g/mol.